The first kappa shape index (κ1) is 19.0. The molecular weight excluding hydrogens is 359 g/mol. The summed E-state index contributed by atoms with van der Waals surface area (Å²) in [5.41, 5.74) is 0.930. The normalized spacial score (nSPS) is 22.4. The number of hydrogen-bond acceptors (Lipinski definition) is 5. The number of aromatic nitrogens is 2. The van der Waals surface area contributed by atoms with Crippen molar-refractivity contribution in [2.75, 3.05) is 26.2 Å². The van der Waals surface area contributed by atoms with Crippen LogP contribution in [0.1, 0.15) is 35.3 Å². The standard InChI is InChI=1S/C21H25FN4O2/c22-18-4-2-8-24-19(18)14-25-9-5-21(6-10-25)11-17(27)13-26(15-21)20(28)16-3-1-7-23-12-16/h1-4,7-8,12,17,27H,5-6,9-11,13-15H2. The quantitative estimate of drug-likeness (QED) is 0.878. The van der Waals surface area contributed by atoms with E-state index in [1.807, 2.05) is 0 Å². The lowest BCUT2D eigenvalue weighted by Crippen LogP contribution is -2.55. The smallest absolute Gasteiger partial charge is 0.255 e. The van der Waals surface area contributed by atoms with Gasteiger partial charge in [0, 0.05) is 38.2 Å². The van der Waals surface area contributed by atoms with Crippen LogP contribution in [0.15, 0.2) is 42.9 Å². The molecule has 1 unspecified atom stereocenters. The average Bonchev–Trinajstić information content (AvgIpc) is 2.71. The first-order chi connectivity index (χ1) is 13.5. The highest BCUT2D eigenvalue weighted by atomic mass is 19.1. The number of aliphatic hydroxyl groups is 1. The third-order valence-corrected chi connectivity index (χ3v) is 5.95. The van der Waals surface area contributed by atoms with E-state index < -0.39 is 6.10 Å². The van der Waals surface area contributed by atoms with Gasteiger partial charge in [0.25, 0.3) is 5.91 Å². The Morgan fingerprint density at radius 1 is 1.25 bits per heavy atom. The van der Waals surface area contributed by atoms with Gasteiger partial charge in [-0.15, -0.1) is 0 Å². The van der Waals surface area contributed by atoms with E-state index in [1.54, 1.807) is 41.7 Å². The van der Waals surface area contributed by atoms with E-state index in [1.165, 1.54) is 6.07 Å². The number of aliphatic hydroxyl groups excluding tert-OH is 1. The summed E-state index contributed by atoms with van der Waals surface area (Å²) < 4.78 is 13.9. The maximum absolute atomic E-state index is 13.9. The fraction of sp³-hybridized carbons (Fsp3) is 0.476. The number of amides is 1. The Bertz CT molecular complexity index is 824. The van der Waals surface area contributed by atoms with E-state index in [0.29, 0.717) is 37.3 Å². The second-order valence-corrected chi connectivity index (χ2v) is 7.99. The van der Waals surface area contributed by atoms with Crippen molar-refractivity contribution in [3.05, 3.63) is 59.9 Å². The van der Waals surface area contributed by atoms with E-state index in [-0.39, 0.29) is 17.1 Å². The van der Waals surface area contributed by atoms with Crippen LogP contribution < -0.4 is 0 Å². The molecule has 1 N–H and O–H groups in total. The second kappa shape index (κ2) is 7.93. The Morgan fingerprint density at radius 2 is 2.04 bits per heavy atom. The maximum atomic E-state index is 13.9. The molecule has 2 aliphatic heterocycles. The van der Waals surface area contributed by atoms with Crippen LogP contribution in [0.5, 0.6) is 0 Å². The molecule has 0 saturated carbocycles. The largest absolute Gasteiger partial charge is 0.391 e. The molecule has 0 aliphatic carbocycles. The minimum Gasteiger partial charge on any atom is -0.391 e. The Labute approximate surface area is 164 Å². The van der Waals surface area contributed by atoms with E-state index >= 15 is 0 Å². The van der Waals surface area contributed by atoms with Crippen molar-refractivity contribution < 1.29 is 14.3 Å². The third-order valence-electron chi connectivity index (χ3n) is 5.95. The molecule has 0 bridgehead atoms. The fourth-order valence-electron chi connectivity index (χ4n) is 4.47. The lowest BCUT2D eigenvalue weighted by Gasteiger charge is -2.49. The van der Waals surface area contributed by atoms with Gasteiger partial charge >= 0.3 is 0 Å². The molecule has 6 nitrogen and oxygen atoms in total. The molecular formula is C21H25FN4O2. The van der Waals surface area contributed by atoms with Gasteiger partial charge in [0.15, 0.2) is 0 Å². The highest BCUT2D eigenvalue weighted by molar-refractivity contribution is 5.94. The Balaban J connectivity index is 1.41. The van der Waals surface area contributed by atoms with Crippen LogP contribution in [0.3, 0.4) is 0 Å². The first-order valence-corrected chi connectivity index (χ1v) is 9.74. The minimum absolute atomic E-state index is 0.0794. The van der Waals surface area contributed by atoms with Crippen molar-refractivity contribution in [3.8, 4) is 0 Å². The number of pyridine rings is 2. The van der Waals surface area contributed by atoms with E-state index in [0.717, 1.165) is 25.9 Å². The number of nitrogens with zero attached hydrogens (tertiary/aromatic N) is 4. The fourth-order valence-corrected chi connectivity index (χ4v) is 4.47. The summed E-state index contributed by atoms with van der Waals surface area (Å²) in [7, 11) is 0. The number of β-amino-alcohol motifs (C(OH)–C–C–N with tert-alkyl or cyclic N) is 1. The summed E-state index contributed by atoms with van der Waals surface area (Å²) in [4.78, 5) is 25.0. The Kier molecular flexibility index (Phi) is 5.37. The molecule has 1 atom stereocenters. The summed E-state index contributed by atoms with van der Waals surface area (Å²) in [6.45, 7) is 3.10. The molecule has 1 amide bonds. The molecule has 4 rings (SSSR count). The summed E-state index contributed by atoms with van der Waals surface area (Å²) in [6, 6.07) is 6.54. The van der Waals surface area contributed by atoms with Gasteiger partial charge in [-0.3, -0.25) is 19.7 Å². The molecule has 28 heavy (non-hydrogen) atoms. The van der Waals surface area contributed by atoms with Crippen molar-refractivity contribution in [2.24, 2.45) is 5.41 Å². The van der Waals surface area contributed by atoms with Crippen LogP contribution in [-0.4, -0.2) is 63.1 Å². The van der Waals surface area contributed by atoms with Crippen LogP contribution in [0.25, 0.3) is 0 Å². The third kappa shape index (κ3) is 4.05. The van der Waals surface area contributed by atoms with Crippen LogP contribution in [-0.2, 0) is 6.54 Å². The van der Waals surface area contributed by atoms with Crippen LogP contribution in [0.2, 0.25) is 0 Å². The number of piperidine rings is 2. The lowest BCUT2D eigenvalue weighted by atomic mass is 9.71. The predicted molar refractivity (Wildman–Crippen MR) is 102 cm³/mol. The Hall–Kier alpha value is -2.38. The highest BCUT2D eigenvalue weighted by Crippen LogP contribution is 2.40. The predicted octanol–water partition coefficient (Wildman–Crippen LogP) is 2.10. The molecule has 2 fully saturated rings. The highest BCUT2D eigenvalue weighted by Gasteiger charge is 2.43. The molecule has 148 valence electrons. The summed E-state index contributed by atoms with van der Waals surface area (Å²) in [6.07, 6.45) is 6.75. The molecule has 7 heteroatoms. The molecule has 1 spiro atoms. The van der Waals surface area contributed by atoms with E-state index in [2.05, 4.69) is 14.9 Å². The zero-order valence-electron chi connectivity index (χ0n) is 15.8. The molecule has 2 aliphatic rings. The van der Waals surface area contributed by atoms with Gasteiger partial charge < -0.3 is 10.0 Å². The monoisotopic (exact) mass is 384 g/mol. The van der Waals surface area contributed by atoms with E-state index in [9.17, 15) is 14.3 Å². The number of hydrogen-bond donors (Lipinski definition) is 1. The van der Waals surface area contributed by atoms with Crippen LogP contribution in [0, 0.1) is 11.2 Å². The lowest BCUT2D eigenvalue weighted by molar-refractivity contribution is -0.0339. The van der Waals surface area contributed by atoms with Gasteiger partial charge in [-0.25, -0.2) is 4.39 Å². The summed E-state index contributed by atoms with van der Waals surface area (Å²) in [5.74, 6) is -0.353. The SMILES string of the molecule is O=C(c1cccnc1)N1CC(O)CC2(CCN(Cc3ncccc3F)CC2)C1. The van der Waals surface area contributed by atoms with E-state index in [4.69, 9.17) is 0 Å². The Morgan fingerprint density at radius 3 is 2.75 bits per heavy atom. The topological polar surface area (TPSA) is 69.6 Å². The summed E-state index contributed by atoms with van der Waals surface area (Å²) >= 11 is 0. The molecule has 2 aromatic rings. The molecule has 0 aromatic carbocycles. The minimum atomic E-state index is -0.519. The van der Waals surface area contributed by atoms with Crippen molar-refractivity contribution >= 4 is 5.91 Å². The molecule has 4 heterocycles. The van der Waals surface area contributed by atoms with Gasteiger partial charge in [0.05, 0.1) is 17.4 Å². The van der Waals surface area contributed by atoms with Crippen molar-refractivity contribution in [1.29, 1.82) is 0 Å². The number of rotatable bonds is 3. The maximum Gasteiger partial charge on any atom is 0.255 e. The molecule has 2 saturated heterocycles. The first-order valence-electron chi connectivity index (χ1n) is 9.74. The zero-order chi connectivity index (χ0) is 19.6. The zero-order valence-corrected chi connectivity index (χ0v) is 15.8. The molecule has 2 aromatic heterocycles. The van der Waals surface area contributed by atoms with Crippen molar-refractivity contribution in [2.45, 2.75) is 31.9 Å². The van der Waals surface area contributed by atoms with Gasteiger partial charge in [0.1, 0.15) is 5.82 Å². The van der Waals surface area contributed by atoms with Gasteiger partial charge in [0.2, 0.25) is 0 Å². The van der Waals surface area contributed by atoms with Gasteiger partial charge in [-0.1, -0.05) is 0 Å². The van der Waals surface area contributed by atoms with Crippen LogP contribution >= 0.6 is 0 Å². The number of likely N-dealkylation sites (tertiary alicyclic amines) is 2. The number of halogens is 1. The van der Waals surface area contributed by atoms with Gasteiger partial charge in [-0.2, -0.15) is 0 Å². The van der Waals surface area contributed by atoms with Gasteiger partial charge in [-0.05, 0) is 62.0 Å². The molecule has 0 radical (unpaired) electrons. The summed E-state index contributed by atoms with van der Waals surface area (Å²) in [5, 5.41) is 10.4. The number of carbonyl (C=O) groups is 1. The second-order valence-electron chi connectivity index (χ2n) is 7.99. The van der Waals surface area contributed by atoms with Crippen molar-refractivity contribution in [3.63, 3.8) is 0 Å². The van der Waals surface area contributed by atoms with Crippen molar-refractivity contribution in [1.82, 2.24) is 19.8 Å². The number of carbonyl (C=O) groups excluding carboxylic acids is 1. The van der Waals surface area contributed by atoms with Crippen LogP contribution in [0.4, 0.5) is 4.39 Å². The average molecular weight is 384 g/mol.